The second kappa shape index (κ2) is 22.5. The summed E-state index contributed by atoms with van der Waals surface area (Å²) in [6, 6.07) is 15.7. The molecule has 3 atom stereocenters. The molecule has 6 heteroatoms. The van der Waals surface area contributed by atoms with Gasteiger partial charge in [-0.25, -0.2) is 0 Å². The second-order valence-electron chi connectivity index (χ2n) is 9.37. The van der Waals surface area contributed by atoms with E-state index in [9.17, 15) is 0 Å². The average Bonchev–Trinajstić information content (AvgIpc) is 3.44. The molecule has 4 rings (SSSR count). The van der Waals surface area contributed by atoms with E-state index < -0.39 is 0 Å². The van der Waals surface area contributed by atoms with Crippen LogP contribution < -0.4 is 0 Å². The number of aryl methyl sites for hydroxylation is 1. The molecule has 1 aliphatic heterocycles. The van der Waals surface area contributed by atoms with E-state index in [1.54, 1.807) is 12.2 Å². The molecular weight excluding hydrogens is 568 g/mol. The third-order valence-corrected chi connectivity index (χ3v) is 8.84. The number of methoxy groups -OCH3 is 1. The third kappa shape index (κ3) is 13.6. The summed E-state index contributed by atoms with van der Waals surface area (Å²) >= 11 is 9.01. The van der Waals surface area contributed by atoms with Gasteiger partial charge >= 0.3 is 0 Å². The first-order chi connectivity index (χ1) is 19.9. The number of rotatable bonds is 10. The maximum absolute atomic E-state index is 7.76. The summed E-state index contributed by atoms with van der Waals surface area (Å²) in [6.07, 6.45) is 10.0. The molecule has 0 bridgehead atoms. The molecule has 2 aromatic carbocycles. The van der Waals surface area contributed by atoms with E-state index in [1.165, 1.54) is 38.4 Å². The Hall–Kier alpha value is -2.12. The van der Waals surface area contributed by atoms with Crippen LogP contribution in [0.1, 0.15) is 47.3 Å². The highest BCUT2D eigenvalue weighted by atomic mass is 35.5. The number of fused-ring (bicyclic) bond motifs is 1. The van der Waals surface area contributed by atoms with E-state index >= 15 is 0 Å². The molecule has 3 unspecified atom stereocenters. The van der Waals surface area contributed by atoms with Crippen molar-refractivity contribution in [3.8, 4) is 0 Å². The molecule has 3 nitrogen and oxygen atoms in total. The van der Waals surface area contributed by atoms with Crippen LogP contribution in [0.4, 0.5) is 0 Å². The Balaban J connectivity index is 0.000000659. The predicted molar refractivity (Wildman–Crippen MR) is 185 cm³/mol. The van der Waals surface area contributed by atoms with E-state index in [0.717, 1.165) is 25.9 Å². The largest absolute Gasteiger partial charge is 0.392 e. The fraction of sp³-hybridized carbons (Fsp3) is 0.371. The Kier molecular flexibility index (Phi) is 20.2. The number of alkyl halides is 1. The van der Waals surface area contributed by atoms with Crippen molar-refractivity contribution in [2.45, 2.75) is 49.7 Å². The normalized spacial score (nSPS) is 17.4. The van der Waals surface area contributed by atoms with E-state index in [2.05, 4.69) is 92.8 Å². The molecule has 0 amide bonds. The third-order valence-electron chi connectivity index (χ3n) is 6.04. The van der Waals surface area contributed by atoms with Crippen molar-refractivity contribution < 1.29 is 14.6 Å². The van der Waals surface area contributed by atoms with Crippen LogP contribution in [0, 0.1) is 6.92 Å². The molecule has 1 fully saturated rings. The van der Waals surface area contributed by atoms with Gasteiger partial charge in [-0.15, -0.1) is 61.0 Å². The van der Waals surface area contributed by atoms with Gasteiger partial charge in [-0.3, -0.25) is 0 Å². The van der Waals surface area contributed by atoms with Crippen LogP contribution >= 0.6 is 34.7 Å². The predicted octanol–water partition coefficient (Wildman–Crippen LogP) is 9.72. The minimum atomic E-state index is 0.0833. The molecule has 224 valence electrons. The molecule has 1 aromatic heterocycles. The zero-order valence-electron chi connectivity index (χ0n) is 24.9. The molecule has 41 heavy (non-hydrogen) atoms. The number of thioether (sulfide) groups is 1. The van der Waals surface area contributed by atoms with E-state index in [0.29, 0.717) is 29.1 Å². The van der Waals surface area contributed by atoms with Gasteiger partial charge in [0, 0.05) is 28.2 Å². The van der Waals surface area contributed by atoms with Crippen LogP contribution in [0.25, 0.3) is 10.1 Å². The minimum Gasteiger partial charge on any atom is -0.392 e. The molecule has 1 N–H and O–H groups in total. The van der Waals surface area contributed by atoms with Gasteiger partial charge in [0.2, 0.25) is 0 Å². The monoisotopic (exact) mass is 614 g/mol. The summed E-state index contributed by atoms with van der Waals surface area (Å²) in [5, 5.41) is 12.4. The van der Waals surface area contributed by atoms with Crippen molar-refractivity contribution in [1.29, 1.82) is 0 Å². The number of thiophene rings is 1. The Morgan fingerprint density at radius 3 is 2.24 bits per heavy atom. The standard InChI is InChI=1S/C26H30O2S2.C3H5Cl.C3H6O.C3H6/c1-4-12-28-16-22-14-21(27-3)15-25(30-22)24-17-29-26-20(6-5-7-23(24)26)13-19-10-8-18(2)9-11-19;2*1-2-3-4;1-3-2/h4-11,17,21-22,25H,1,12-16H2,2-3H3;2H,1,3H2;2,4H,1,3H2;3H,1H2,2H3. The minimum absolute atomic E-state index is 0.0833. The quantitative estimate of drug-likeness (QED) is 0.140. The lowest BCUT2D eigenvalue weighted by molar-refractivity contribution is 0.0710. The van der Waals surface area contributed by atoms with Crippen molar-refractivity contribution in [3.63, 3.8) is 0 Å². The Labute approximate surface area is 261 Å². The highest BCUT2D eigenvalue weighted by Gasteiger charge is 2.32. The van der Waals surface area contributed by atoms with Crippen LogP contribution in [0.3, 0.4) is 0 Å². The molecule has 2 heterocycles. The molecular formula is C35H47ClO3S2. The number of aliphatic hydroxyl groups is 1. The van der Waals surface area contributed by atoms with Crippen molar-refractivity contribution >= 4 is 44.8 Å². The SMILES string of the molecule is C=CC.C=CCCl.C=CCO.C=CCOCC1CC(OC)CC(c2csc3c(Cc4ccc(C)cc4)cccc23)S1. The maximum Gasteiger partial charge on any atom is 0.0645 e. The number of benzene rings is 2. The Morgan fingerprint density at radius 1 is 1.02 bits per heavy atom. The number of hydrogen-bond acceptors (Lipinski definition) is 5. The molecule has 1 saturated heterocycles. The van der Waals surface area contributed by atoms with Gasteiger partial charge in [-0.1, -0.05) is 72.3 Å². The fourth-order valence-electron chi connectivity index (χ4n) is 4.21. The van der Waals surface area contributed by atoms with Crippen LogP contribution in [-0.4, -0.2) is 49.3 Å². The summed E-state index contributed by atoms with van der Waals surface area (Å²) in [4.78, 5) is 0. The zero-order valence-corrected chi connectivity index (χ0v) is 27.3. The van der Waals surface area contributed by atoms with Crippen molar-refractivity contribution in [2.24, 2.45) is 0 Å². The smallest absolute Gasteiger partial charge is 0.0645 e. The van der Waals surface area contributed by atoms with Crippen LogP contribution in [0.2, 0.25) is 0 Å². The lowest BCUT2D eigenvalue weighted by Crippen LogP contribution is -2.29. The Bertz CT molecular complexity index is 1150. The zero-order chi connectivity index (χ0) is 30.5. The number of allylic oxidation sites excluding steroid dienone is 2. The molecule has 0 saturated carbocycles. The average molecular weight is 615 g/mol. The molecule has 0 aliphatic carbocycles. The molecule has 0 radical (unpaired) electrons. The van der Waals surface area contributed by atoms with Crippen molar-refractivity contribution in [1.82, 2.24) is 0 Å². The Morgan fingerprint density at radius 2 is 1.68 bits per heavy atom. The van der Waals surface area contributed by atoms with Gasteiger partial charge in [-0.05, 0) is 60.6 Å². The van der Waals surface area contributed by atoms with Gasteiger partial charge in [0.05, 0.1) is 25.9 Å². The first kappa shape index (κ1) is 36.9. The van der Waals surface area contributed by atoms with E-state index in [-0.39, 0.29) is 6.61 Å². The summed E-state index contributed by atoms with van der Waals surface area (Å²) < 4.78 is 13.0. The first-order valence-corrected chi connectivity index (χ1v) is 16.1. The van der Waals surface area contributed by atoms with Crippen LogP contribution in [-0.2, 0) is 15.9 Å². The molecule has 0 spiro atoms. The topological polar surface area (TPSA) is 38.7 Å². The van der Waals surface area contributed by atoms with Gasteiger partial charge in [0.15, 0.2) is 0 Å². The van der Waals surface area contributed by atoms with Gasteiger partial charge in [0.25, 0.3) is 0 Å². The number of aliphatic hydroxyl groups excluding tert-OH is 1. The number of halogens is 1. The highest BCUT2D eigenvalue weighted by molar-refractivity contribution is 8.00. The van der Waals surface area contributed by atoms with E-state index in [4.69, 9.17) is 26.2 Å². The van der Waals surface area contributed by atoms with Crippen LogP contribution in [0.5, 0.6) is 0 Å². The second-order valence-corrected chi connectivity index (χ2v) is 12.1. The fourth-order valence-corrected chi connectivity index (χ4v) is 7.07. The van der Waals surface area contributed by atoms with Crippen molar-refractivity contribution in [2.75, 3.05) is 32.8 Å². The lowest BCUT2D eigenvalue weighted by Gasteiger charge is -2.33. The van der Waals surface area contributed by atoms with Crippen molar-refractivity contribution in [3.05, 3.63) is 121 Å². The summed E-state index contributed by atoms with van der Waals surface area (Å²) in [7, 11) is 1.84. The van der Waals surface area contributed by atoms with Gasteiger partial charge < -0.3 is 14.6 Å². The number of hydrogen-bond donors (Lipinski definition) is 1. The lowest BCUT2D eigenvalue weighted by atomic mass is 9.98. The molecule has 3 aromatic rings. The summed E-state index contributed by atoms with van der Waals surface area (Å²) in [5.74, 6) is 0.556. The first-order valence-electron chi connectivity index (χ1n) is 13.8. The molecule has 1 aliphatic rings. The summed E-state index contributed by atoms with van der Waals surface area (Å²) in [6.45, 7) is 19.2. The van der Waals surface area contributed by atoms with Gasteiger partial charge in [0.1, 0.15) is 0 Å². The van der Waals surface area contributed by atoms with Gasteiger partial charge in [-0.2, -0.15) is 0 Å². The number of ether oxygens (including phenoxy) is 2. The van der Waals surface area contributed by atoms with E-state index in [1.807, 2.05) is 31.4 Å². The maximum atomic E-state index is 7.76. The van der Waals surface area contributed by atoms with Crippen LogP contribution in [0.15, 0.2) is 98.5 Å². The highest BCUT2D eigenvalue weighted by Crippen LogP contribution is 2.47. The summed E-state index contributed by atoms with van der Waals surface area (Å²) in [5.41, 5.74) is 5.56.